The lowest BCUT2D eigenvalue weighted by atomic mass is 9.85. The molecule has 4 unspecified atom stereocenters. The second-order valence-electron chi connectivity index (χ2n) is 13.2. The molecule has 4 aromatic carbocycles. The molecule has 7 heteroatoms. The number of benzene rings is 4. The van der Waals surface area contributed by atoms with E-state index < -0.39 is 12.2 Å². The summed E-state index contributed by atoms with van der Waals surface area (Å²) in [6, 6.07) is 25.3. The highest BCUT2D eigenvalue weighted by molar-refractivity contribution is 5.85. The molecule has 1 heterocycles. The predicted octanol–water partition coefficient (Wildman–Crippen LogP) is 6.80. The molecule has 0 N–H and O–H groups in total. The lowest BCUT2D eigenvalue weighted by molar-refractivity contribution is -0.169. The van der Waals surface area contributed by atoms with Crippen molar-refractivity contribution >= 4 is 39.3 Å². The minimum absolute atomic E-state index is 0.0668. The van der Waals surface area contributed by atoms with Crippen molar-refractivity contribution in [3.05, 3.63) is 95.1 Å². The average molecular weight is 635 g/mol. The highest BCUT2D eigenvalue weighted by atomic mass is 16.6. The van der Waals surface area contributed by atoms with Gasteiger partial charge >= 0.3 is 11.9 Å². The second-order valence-corrected chi connectivity index (χ2v) is 13.2. The fraction of sp³-hybridized carbons (Fsp3) is 0.425. The topological polar surface area (TPSA) is 88.1 Å². The molecule has 0 saturated carbocycles. The van der Waals surface area contributed by atoms with E-state index >= 15 is 0 Å². The Morgan fingerprint density at radius 2 is 0.872 bits per heavy atom. The molecule has 4 aromatic rings. The van der Waals surface area contributed by atoms with E-state index in [4.69, 9.17) is 18.9 Å². The molecule has 3 aliphatic rings. The van der Waals surface area contributed by atoms with Crippen LogP contribution in [0.15, 0.2) is 72.8 Å². The molecule has 244 valence electrons. The van der Waals surface area contributed by atoms with Gasteiger partial charge in [0.15, 0.2) is 0 Å². The van der Waals surface area contributed by atoms with Gasteiger partial charge in [-0.05, 0) is 63.1 Å². The minimum Gasteiger partial charge on any atom is -0.458 e. The molecule has 1 saturated heterocycles. The van der Waals surface area contributed by atoms with E-state index in [1.807, 2.05) is 12.1 Å². The molecule has 2 aliphatic carbocycles. The van der Waals surface area contributed by atoms with Gasteiger partial charge in [-0.3, -0.25) is 14.4 Å². The number of rotatable bonds is 0. The molecule has 47 heavy (non-hydrogen) atoms. The third kappa shape index (κ3) is 7.58. The largest absolute Gasteiger partial charge is 0.458 e. The number of ketones is 1. The maximum absolute atomic E-state index is 13.1. The van der Waals surface area contributed by atoms with E-state index in [2.05, 4.69) is 60.7 Å². The smallest absolute Gasteiger partial charge is 0.306 e. The van der Waals surface area contributed by atoms with Gasteiger partial charge in [0.2, 0.25) is 0 Å². The van der Waals surface area contributed by atoms with Crippen molar-refractivity contribution in [2.75, 3.05) is 13.2 Å². The number of hydrogen-bond acceptors (Lipinski definition) is 7. The van der Waals surface area contributed by atoms with Gasteiger partial charge < -0.3 is 18.9 Å². The van der Waals surface area contributed by atoms with Crippen molar-refractivity contribution in [2.45, 2.75) is 95.0 Å². The number of fused-ring (bicyclic) bond motifs is 6. The molecule has 0 radical (unpaired) electrons. The molecular formula is C40H42O7. The van der Waals surface area contributed by atoms with Crippen LogP contribution in [0.2, 0.25) is 0 Å². The Kier molecular flexibility index (Phi) is 9.63. The molecule has 0 bridgehead atoms. The Balaban J connectivity index is 1.04. The normalized spacial score (nSPS) is 25.1. The molecule has 1 fully saturated rings. The summed E-state index contributed by atoms with van der Waals surface area (Å²) in [6.07, 6.45) is 3.75. The van der Waals surface area contributed by atoms with E-state index in [1.165, 1.54) is 21.9 Å². The third-order valence-corrected chi connectivity index (χ3v) is 9.87. The number of carbonyl (C=O) groups excluding carboxylic acids is 3. The Morgan fingerprint density at radius 1 is 0.447 bits per heavy atom. The van der Waals surface area contributed by atoms with Crippen LogP contribution in [0.25, 0.3) is 21.5 Å². The first-order valence-corrected chi connectivity index (χ1v) is 17.1. The van der Waals surface area contributed by atoms with Gasteiger partial charge in [-0.25, -0.2) is 0 Å². The molecule has 7 rings (SSSR count). The molecule has 4 atom stereocenters. The summed E-state index contributed by atoms with van der Waals surface area (Å²) in [5.74, 6) is -0.593. The number of carbonyl (C=O) groups is 3. The Hall–Kier alpha value is -4.07. The third-order valence-electron chi connectivity index (χ3n) is 9.87. The van der Waals surface area contributed by atoms with Gasteiger partial charge in [0, 0.05) is 58.0 Å². The Bertz CT molecular complexity index is 1780. The summed E-state index contributed by atoms with van der Waals surface area (Å²) in [5, 5.41) is 4.67. The van der Waals surface area contributed by atoms with Gasteiger partial charge in [0.1, 0.15) is 18.0 Å². The van der Waals surface area contributed by atoms with Crippen molar-refractivity contribution in [2.24, 2.45) is 0 Å². The minimum atomic E-state index is -0.568. The van der Waals surface area contributed by atoms with Crippen LogP contribution < -0.4 is 0 Å². The Morgan fingerprint density at radius 3 is 1.36 bits per heavy atom. The summed E-state index contributed by atoms with van der Waals surface area (Å²) in [7, 11) is 0. The highest BCUT2D eigenvalue weighted by Crippen LogP contribution is 2.32. The zero-order valence-electron chi connectivity index (χ0n) is 26.8. The van der Waals surface area contributed by atoms with Crippen LogP contribution in [0.1, 0.15) is 67.2 Å². The van der Waals surface area contributed by atoms with Crippen LogP contribution in [0.5, 0.6) is 0 Å². The molecule has 1 aliphatic heterocycles. The van der Waals surface area contributed by atoms with E-state index in [-0.39, 0.29) is 49.2 Å². The maximum atomic E-state index is 13.1. The number of esters is 2. The van der Waals surface area contributed by atoms with Crippen LogP contribution in [-0.4, -0.2) is 55.4 Å². The first kappa shape index (κ1) is 31.5. The van der Waals surface area contributed by atoms with Crippen LogP contribution in [-0.2, 0) is 59.0 Å². The SMILES string of the molecule is O=C1CCCC(=O)OC2Cc3cc4ccccc4cc3CC2OC(=O)CCCCOC2Cc3cc4ccccc4cc3CC2OCC1. The van der Waals surface area contributed by atoms with Crippen molar-refractivity contribution in [1.82, 2.24) is 0 Å². The van der Waals surface area contributed by atoms with Gasteiger partial charge in [-0.15, -0.1) is 0 Å². The first-order chi connectivity index (χ1) is 23.0. The summed E-state index contributed by atoms with van der Waals surface area (Å²) in [6.45, 7) is 0.824. The van der Waals surface area contributed by atoms with Crippen LogP contribution in [0, 0.1) is 0 Å². The number of Topliss-reactive ketones (excluding diaryl/α,β-unsaturated/α-hetero) is 1. The Labute approximate surface area is 275 Å². The van der Waals surface area contributed by atoms with Crippen LogP contribution in [0.4, 0.5) is 0 Å². The first-order valence-electron chi connectivity index (χ1n) is 17.1. The van der Waals surface area contributed by atoms with Gasteiger partial charge in [0.25, 0.3) is 0 Å². The van der Waals surface area contributed by atoms with Gasteiger partial charge in [-0.2, -0.15) is 0 Å². The van der Waals surface area contributed by atoms with Crippen molar-refractivity contribution < 1.29 is 33.3 Å². The average Bonchev–Trinajstić information content (AvgIpc) is 3.06. The van der Waals surface area contributed by atoms with E-state index in [0.717, 1.165) is 34.7 Å². The summed E-state index contributed by atoms with van der Waals surface area (Å²) >= 11 is 0. The lowest BCUT2D eigenvalue weighted by Crippen LogP contribution is -2.41. The standard InChI is InChI=1S/C40H42O7/c41-34-12-7-14-40(43)47-38-25-33-21-29-11-4-3-10-28(29)20-32(33)24-37(38)46-39(42)13-5-6-16-44-35-22-30-18-26-8-1-2-9-27(26)19-31(30)23-36(35)45-17-15-34/h1-4,8-11,18-21,35-38H,5-7,12-17,22-25H2. The monoisotopic (exact) mass is 634 g/mol. The van der Waals surface area contributed by atoms with Crippen LogP contribution in [0.3, 0.4) is 0 Å². The zero-order chi connectivity index (χ0) is 32.2. The quantitative estimate of drug-likeness (QED) is 0.197. The molecule has 0 amide bonds. The maximum Gasteiger partial charge on any atom is 0.306 e. The van der Waals surface area contributed by atoms with E-state index in [1.54, 1.807) is 0 Å². The highest BCUT2D eigenvalue weighted by Gasteiger charge is 2.35. The fourth-order valence-electron chi connectivity index (χ4n) is 7.33. The fourth-order valence-corrected chi connectivity index (χ4v) is 7.33. The van der Waals surface area contributed by atoms with Crippen molar-refractivity contribution in [3.8, 4) is 0 Å². The predicted molar refractivity (Wildman–Crippen MR) is 179 cm³/mol. The molecule has 7 nitrogen and oxygen atoms in total. The number of hydrogen-bond donors (Lipinski definition) is 0. The molecular weight excluding hydrogens is 592 g/mol. The number of ether oxygens (including phenoxy) is 4. The lowest BCUT2D eigenvalue weighted by Gasteiger charge is -2.33. The summed E-state index contributed by atoms with van der Waals surface area (Å²) < 4.78 is 24.7. The molecule has 0 aromatic heterocycles. The van der Waals surface area contributed by atoms with Crippen molar-refractivity contribution in [1.29, 1.82) is 0 Å². The van der Waals surface area contributed by atoms with Gasteiger partial charge in [-0.1, -0.05) is 72.8 Å². The summed E-state index contributed by atoms with van der Waals surface area (Å²) in [5.41, 5.74) is 4.74. The van der Waals surface area contributed by atoms with Gasteiger partial charge in [0.05, 0.1) is 18.8 Å². The second kappa shape index (κ2) is 14.4. The van der Waals surface area contributed by atoms with E-state index in [0.29, 0.717) is 51.7 Å². The molecule has 0 spiro atoms. The summed E-state index contributed by atoms with van der Waals surface area (Å²) in [4.78, 5) is 38.8. The van der Waals surface area contributed by atoms with E-state index in [9.17, 15) is 14.4 Å². The zero-order valence-corrected chi connectivity index (χ0v) is 26.8. The van der Waals surface area contributed by atoms with Crippen molar-refractivity contribution in [3.63, 3.8) is 0 Å². The van der Waals surface area contributed by atoms with Crippen LogP contribution >= 0.6 is 0 Å².